The molecule has 1 heterocycles. The predicted molar refractivity (Wildman–Crippen MR) is 47.8 cm³/mol. The summed E-state index contributed by atoms with van der Waals surface area (Å²) in [5, 5.41) is 1.28. The van der Waals surface area contributed by atoms with Gasteiger partial charge in [0.25, 0.3) is 0 Å². The summed E-state index contributed by atoms with van der Waals surface area (Å²) >= 11 is 11.8. The van der Waals surface area contributed by atoms with Crippen molar-refractivity contribution in [3.8, 4) is 0 Å². The molecular formula is C9H6Cl2O. The van der Waals surface area contributed by atoms with Gasteiger partial charge >= 0.3 is 0 Å². The molecule has 0 bridgehead atoms. The van der Waals surface area contributed by atoms with Crippen LogP contribution in [0.4, 0.5) is 0 Å². The number of hydrogen-bond acceptors (Lipinski definition) is 1. The number of rotatable bonds is 0. The van der Waals surface area contributed by atoms with Gasteiger partial charge in [-0.2, -0.15) is 0 Å². The van der Waals surface area contributed by atoms with Crippen LogP contribution in [0.15, 0.2) is 12.1 Å². The van der Waals surface area contributed by atoms with Crippen molar-refractivity contribution in [3.63, 3.8) is 0 Å². The summed E-state index contributed by atoms with van der Waals surface area (Å²) in [6.45, 7) is 0. The Morgan fingerprint density at radius 1 is 1.25 bits per heavy atom. The average Bonchev–Trinajstić information content (AvgIpc) is 2.70. The van der Waals surface area contributed by atoms with E-state index in [4.69, 9.17) is 27.9 Å². The number of fused-ring (bicyclic) bond motifs is 3. The second kappa shape index (κ2) is 2.16. The molecule has 0 amide bonds. The first-order chi connectivity index (χ1) is 5.75. The van der Waals surface area contributed by atoms with E-state index in [-0.39, 0.29) is 0 Å². The number of hydrogen-bond donors (Lipinski definition) is 0. The van der Waals surface area contributed by atoms with Crippen molar-refractivity contribution in [1.29, 1.82) is 0 Å². The zero-order valence-corrected chi connectivity index (χ0v) is 7.69. The molecule has 12 heavy (non-hydrogen) atoms. The summed E-state index contributed by atoms with van der Waals surface area (Å²) in [6.07, 6.45) is 1.72. The van der Waals surface area contributed by atoms with Crippen molar-refractivity contribution < 1.29 is 4.74 Å². The molecule has 3 heteroatoms. The van der Waals surface area contributed by atoms with Crippen LogP contribution in [0.5, 0.6) is 0 Å². The van der Waals surface area contributed by atoms with Gasteiger partial charge in [-0.25, -0.2) is 0 Å². The molecule has 0 saturated carbocycles. The Morgan fingerprint density at radius 3 is 2.83 bits per heavy atom. The molecule has 1 aliphatic heterocycles. The lowest BCUT2D eigenvalue weighted by molar-refractivity contribution is 0.361. The molecule has 0 aromatic heterocycles. The van der Waals surface area contributed by atoms with Gasteiger partial charge in [0.2, 0.25) is 0 Å². The fourth-order valence-electron chi connectivity index (χ4n) is 1.83. The van der Waals surface area contributed by atoms with E-state index in [1.54, 1.807) is 0 Å². The number of halogens is 2. The monoisotopic (exact) mass is 200 g/mol. The lowest BCUT2D eigenvalue weighted by Crippen LogP contribution is -1.88. The Hall–Kier alpha value is -0.240. The van der Waals surface area contributed by atoms with Gasteiger partial charge in [-0.3, -0.25) is 0 Å². The molecule has 1 saturated heterocycles. The molecule has 1 aromatic rings. The summed E-state index contributed by atoms with van der Waals surface area (Å²) in [5.74, 6) is 0. The fraction of sp³-hybridized carbons (Fsp3) is 0.333. The Labute approximate surface area is 80.2 Å². The minimum atomic E-state index is 0.315. The summed E-state index contributed by atoms with van der Waals surface area (Å²) in [5.41, 5.74) is 2.53. The van der Waals surface area contributed by atoms with Gasteiger partial charge in [0, 0.05) is 6.42 Å². The van der Waals surface area contributed by atoms with Crippen molar-refractivity contribution in [2.45, 2.75) is 18.6 Å². The third-order valence-electron chi connectivity index (χ3n) is 2.49. The molecule has 1 nitrogen and oxygen atoms in total. The van der Waals surface area contributed by atoms with Crippen LogP contribution in [0.2, 0.25) is 10.0 Å². The quantitative estimate of drug-likeness (QED) is 0.587. The molecule has 1 aliphatic carbocycles. The van der Waals surface area contributed by atoms with Gasteiger partial charge in [0.05, 0.1) is 16.1 Å². The Bertz CT molecular complexity index is 362. The second-order valence-electron chi connectivity index (χ2n) is 3.26. The Kier molecular flexibility index (Phi) is 1.30. The maximum atomic E-state index is 5.89. The second-order valence-corrected chi connectivity index (χ2v) is 4.08. The first kappa shape index (κ1) is 7.19. The van der Waals surface area contributed by atoms with Crippen LogP contribution < -0.4 is 0 Å². The molecule has 1 aromatic carbocycles. The maximum Gasteiger partial charge on any atom is 0.110 e. The van der Waals surface area contributed by atoms with Crippen molar-refractivity contribution in [3.05, 3.63) is 33.3 Å². The number of benzene rings is 1. The van der Waals surface area contributed by atoms with Crippen LogP contribution in [-0.4, -0.2) is 6.10 Å². The molecule has 2 atom stereocenters. The smallest absolute Gasteiger partial charge is 0.110 e. The zero-order valence-electron chi connectivity index (χ0n) is 6.18. The van der Waals surface area contributed by atoms with Crippen LogP contribution >= 0.6 is 23.2 Å². The largest absolute Gasteiger partial charge is 0.364 e. The predicted octanol–water partition coefficient (Wildman–Crippen LogP) is 2.99. The van der Waals surface area contributed by atoms with E-state index >= 15 is 0 Å². The minimum absolute atomic E-state index is 0.315. The van der Waals surface area contributed by atoms with Crippen LogP contribution in [0.3, 0.4) is 0 Å². The summed E-state index contributed by atoms with van der Waals surface area (Å²) in [6, 6.07) is 3.88. The van der Waals surface area contributed by atoms with Gasteiger partial charge < -0.3 is 4.74 Å². The highest BCUT2D eigenvalue weighted by Gasteiger charge is 2.47. The molecule has 62 valence electrons. The highest BCUT2D eigenvalue weighted by atomic mass is 35.5. The van der Waals surface area contributed by atoms with E-state index in [1.165, 1.54) is 11.1 Å². The van der Waals surface area contributed by atoms with Crippen molar-refractivity contribution >= 4 is 23.2 Å². The highest BCUT2D eigenvalue weighted by molar-refractivity contribution is 6.42. The van der Waals surface area contributed by atoms with Gasteiger partial charge in [0.15, 0.2) is 0 Å². The molecular weight excluding hydrogens is 195 g/mol. The topological polar surface area (TPSA) is 12.5 Å². The average molecular weight is 201 g/mol. The number of ether oxygens (including phenoxy) is 1. The molecule has 3 rings (SSSR count). The van der Waals surface area contributed by atoms with E-state index in [1.807, 2.05) is 12.1 Å². The van der Waals surface area contributed by atoms with Crippen molar-refractivity contribution in [2.75, 3.05) is 0 Å². The van der Waals surface area contributed by atoms with Gasteiger partial charge in [0.1, 0.15) is 6.10 Å². The third kappa shape index (κ3) is 0.846. The molecule has 0 spiro atoms. The molecule has 0 radical (unpaired) electrons. The van der Waals surface area contributed by atoms with Crippen LogP contribution in [0.25, 0.3) is 0 Å². The standard InChI is InChI=1S/C9H6Cl2O/c10-6-1-4-2-8-9(12-8)5(4)3-7(6)11/h1,3,8-9H,2H2/t8-,9+/m1/s1. The van der Waals surface area contributed by atoms with Crippen LogP contribution in [-0.2, 0) is 11.2 Å². The van der Waals surface area contributed by atoms with Gasteiger partial charge in [-0.05, 0) is 23.3 Å². The van der Waals surface area contributed by atoms with Crippen LogP contribution in [0, 0.1) is 0 Å². The van der Waals surface area contributed by atoms with Crippen molar-refractivity contribution in [2.24, 2.45) is 0 Å². The number of epoxide rings is 1. The summed E-state index contributed by atoms with van der Waals surface area (Å²) < 4.78 is 5.37. The molecule has 0 unspecified atom stereocenters. The molecule has 1 fully saturated rings. The highest BCUT2D eigenvalue weighted by Crippen LogP contribution is 2.50. The summed E-state index contributed by atoms with van der Waals surface area (Å²) in [4.78, 5) is 0. The maximum absolute atomic E-state index is 5.89. The first-order valence-electron chi connectivity index (χ1n) is 3.89. The van der Waals surface area contributed by atoms with E-state index in [0.29, 0.717) is 22.3 Å². The molecule has 2 aliphatic rings. The minimum Gasteiger partial charge on any atom is -0.364 e. The SMILES string of the molecule is Clc1cc2c(cc1Cl)[C@@H]1O[C@@H]1C2. The van der Waals surface area contributed by atoms with Gasteiger partial charge in [-0.1, -0.05) is 23.2 Å². The van der Waals surface area contributed by atoms with E-state index in [9.17, 15) is 0 Å². The Morgan fingerprint density at radius 2 is 2.00 bits per heavy atom. The normalized spacial score (nSPS) is 29.8. The third-order valence-corrected chi connectivity index (χ3v) is 3.21. The van der Waals surface area contributed by atoms with E-state index < -0.39 is 0 Å². The fourth-order valence-corrected chi connectivity index (χ4v) is 2.19. The zero-order chi connectivity index (χ0) is 8.29. The van der Waals surface area contributed by atoms with Crippen LogP contribution in [0.1, 0.15) is 17.2 Å². The van der Waals surface area contributed by atoms with Gasteiger partial charge in [-0.15, -0.1) is 0 Å². The first-order valence-corrected chi connectivity index (χ1v) is 4.64. The van der Waals surface area contributed by atoms with E-state index in [2.05, 4.69) is 0 Å². The van der Waals surface area contributed by atoms with Crippen molar-refractivity contribution in [1.82, 2.24) is 0 Å². The lowest BCUT2D eigenvalue weighted by atomic mass is 10.1. The summed E-state index contributed by atoms with van der Waals surface area (Å²) in [7, 11) is 0. The molecule has 0 N–H and O–H groups in total. The lowest BCUT2D eigenvalue weighted by Gasteiger charge is -2.03. The Balaban J connectivity index is 2.20. The van der Waals surface area contributed by atoms with E-state index in [0.717, 1.165) is 6.42 Å².